The monoisotopic (exact) mass is 416 g/mol. The highest BCUT2D eigenvalue weighted by Crippen LogP contribution is 2.10. The first-order chi connectivity index (χ1) is 12.9. The van der Waals surface area contributed by atoms with Gasteiger partial charge in [-0.3, -0.25) is 0 Å². The molecule has 0 aliphatic carbocycles. The molecular weight excluding hydrogens is 391 g/mol. The van der Waals surface area contributed by atoms with E-state index < -0.39 is 0 Å². The molecule has 0 aliphatic rings. The predicted molar refractivity (Wildman–Crippen MR) is 111 cm³/mol. The molecule has 0 bridgehead atoms. The minimum Gasteiger partial charge on any atom is -0.354 e. The predicted octanol–water partition coefficient (Wildman–Crippen LogP) is 3.17. The fraction of sp³-hybridized carbons (Fsp3) is 0.600. The lowest BCUT2D eigenvalue weighted by atomic mass is 10.4. The summed E-state index contributed by atoms with van der Waals surface area (Å²) in [5.74, 6) is 1.99. The molecule has 0 aromatic carbocycles. The Labute approximate surface area is 169 Å². The van der Waals surface area contributed by atoms with Gasteiger partial charge < -0.3 is 21.3 Å². The van der Waals surface area contributed by atoms with E-state index in [0.29, 0.717) is 23.8 Å². The van der Waals surface area contributed by atoms with Gasteiger partial charge in [-0.25, -0.2) is 0 Å². The second kappa shape index (κ2) is 12.2. The summed E-state index contributed by atoms with van der Waals surface area (Å²) in [6.07, 6.45) is 0. The van der Waals surface area contributed by atoms with E-state index in [1.165, 1.54) is 0 Å². The zero-order chi connectivity index (χ0) is 20.2. The van der Waals surface area contributed by atoms with E-state index in [-0.39, 0.29) is 16.6 Å². The van der Waals surface area contributed by atoms with E-state index in [1.807, 2.05) is 34.6 Å². The van der Waals surface area contributed by atoms with Crippen molar-refractivity contribution in [2.45, 2.75) is 40.7 Å². The van der Waals surface area contributed by atoms with Gasteiger partial charge in [0.25, 0.3) is 0 Å². The molecule has 0 spiro atoms. The van der Waals surface area contributed by atoms with E-state index >= 15 is 0 Å². The maximum absolute atomic E-state index is 5.73. The summed E-state index contributed by atoms with van der Waals surface area (Å²) in [6.45, 7) is 12.2. The highest BCUT2D eigenvalue weighted by molar-refractivity contribution is 6.28. The fourth-order valence-corrected chi connectivity index (χ4v) is 2.05. The topological polar surface area (TPSA) is 125 Å². The van der Waals surface area contributed by atoms with E-state index in [9.17, 15) is 0 Å². The third-order valence-corrected chi connectivity index (χ3v) is 2.98. The number of hydrogen-bond donors (Lipinski definition) is 4. The molecule has 0 fully saturated rings. The van der Waals surface area contributed by atoms with Crippen LogP contribution in [0.25, 0.3) is 0 Å². The van der Waals surface area contributed by atoms with Gasteiger partial charge in [0.15, 0.2) is 0 Å². The third kappa shape index (κ3) is 9.34. The standard InChI is InChI=1S/C8H14ClN5.C7H12ClN5/c1-4-10-7-12-6(9)13-8(14-7)11-5(2)3;1-3-9-6-11-5(8)12-7(13-6)10-4-2/h5H,4H2,1-3H3,(H2,10,11,12,13,14);3-4H2,1-2H3,(H2,9,10,11,12,13). The van der Waals surface area contributed by atoms with Crippen LogP contribution < -0.4 is 21.3 Å². The van der Waals surface area contributed by atoms with Crippen LogP contribution in [0.5, 0.6) is 0 Å². The van der Waals surface area contributed by atoms with Crippen molar-refractivity contribution in [1.82, 2.24) is 29.9 Å². The number of hydrogen-bond acceptors (Lipinski definition) is 10. The summed E-state index contributed by atoms with van der Waals surface area (Å²) >= 11 is 11.4. The Morgan fingerprint density at radius 1 is 0.630 bits per heavy atom. The van der Waals surface area contributed by atoms with E-state index in [4.69, 9.17) is 23.2 Å². The molecule has 0 atom stereocenters. The van der Waals surface area contributed by atoms with Crippen LogP contribution in [0.15, 0.2) is 0 Å². The second-order valence-electron chi connectivity index (χ2n) is 5.39. The number of halogens is 2. The van der Waals surface area contributed by atoms with Crippen LogP contribution in [-0.4, -0.2) is 55.6 Å². The van der Waals surface area contributed by atoms with Crippen LogP contribution in [0.3, 0.4) is 0 Å². The molecule has 2 aromatic rings. The molecule has 2 heterocycles. The zero-order valence-electron chi connectivity index (χ0n) is 16.1. The van der Waals surface area contributed by atoms with Gasteiger partial charge in [0, 0.05) is 25.7 Å². The van der Waals surface area contributed by atoms with Crippen molar-refractivity contribution in [3.63, 3.8) is 0 Å². The first-order valence-electron chi connectivity index (χ1n) is 8.69. The number of anilines is 4. The molecule has 0 amide bonds. The third-order valence-electron chi connectivity index (χ3n) is 2.64. The van der Waals surface area contributed by atoms with Gasteiger partial charge in [0.1, 0.15) is 0 Å². The smallest absolute Gasteiger partial charge is 0.228 e. The van der Waals surface area contributed by atoms with Gasteiger partial charge in [-0.1, -0.05) is 0 Å². The molecule has 0 saturated heterocycles. The molecule has 4 N–H and O–H groups in total. The Morgan fingerprint density at radius 2 is 0.963 bits per heavy atom. The van der Waals surface area contributed by atoms with E-state index in [1.54, 1.807) is 0 Å². The quantitative estimate of drug-likeness (QED) is 0.509. The first kappa shape index (κ1) is 22.8. The molecule has 0 aliphatic heterocycles. The summed E-state index contributed by atoms with van der Waals surface area (Å²) in [5, 5.41) is 12.3. The van der Waals surface area contributed by atoms with Crippen molar-refractivity contribution in [2.75, 3.05) is 40.9 Å². The summed E-state index contributed by atoms with van der Waals surface area (Å²) in [7, 11) is 0. The summed E-state index contributed by atoms with van der Waals surface area (Å²) < 4.78 is 0. The van der Waals surface area contributed by atoms with Crippen LogP contribution in [0.2, 0.25) is 10.6 Å². The van der Waals surface area contributed by atoms with Crippen LogP contribution >= 0.6 is 23.2 Å². The molecule has 12 heteroatoms. The fourth-order valence-electron chi connectivity index (χ4n) is 1.73. The molecular formula is C15H26Cl2N10. The number of nitrogens with one attached hydrogen (secondary N) is 4. The molecule has 2 rings (SSSR count). The van der Waals surface area contributed by atoms with Crippen molar-refractivity contribution < 1.29 is 0 Å². The van der Waals surface area contributed by atoms with Crippen LogP contribution in [-0.2, 0) is 0 Å². The van der Waals surface area contributed by atoms with Gasteiger partial charge in [-0.2, -0.15) is 29.9 Å². The van der Waals surface area contributed by atoms with Crippen molar-refractivity contribution in [2.24, 2.45) is 0 Å². The lowest BCUT2D eigenvalue weighted by Crippen LogP contribution is -2.14. The molecule has 0 radical (unpaired) electrons. The Bertz CT molecular complexity index is 674. The number of nitrogens with zero attached hydrogens (tertiary/aromatic N) is 6. The average molecular weight is 417 g/mol. The maximum atomic E-state index is 5.73. The minimum atomic E-state index is 0.194. The first-order valence-corrected chi connectivity index (χ1v) is 9.44. The van der Waals surface area contributed by atoms with Gasteiger partial charge in [0.2, 0.25) is 34.4 Å². The summed E-state index contributed by atoms with van der Waals surface area (Å²) in [4.78, 5) is 23.9. The van der Waals surface area contributed by atoms with Crippen LogP contribution in [0.4, 0.5) is 23.8 Å². The van der Waals surface area contributed by atoms with Crippen molar-refractivity contribution in [1.29, 1.82) is 0 Å². The van der Waals surface area contributed by atoms with Gasteiger partial charge in [-0.05, 0) is 57.8 Å². The number of aromatic nitrogens is 6. The Morgan fingerprint density at radius 3 is 1.30 bits per heavy atom. The van der Waals surface area contributed by atoms with Crippen molar-refractivity contribution in [3.05, 3.63) is 10.6 Å². The molecule has 27 heavy (non-hydrogen) atoms. The normalized spacial score (nSPS) is 10.1. The van der Waals surface area contributed by atoms with Gasteiger partial charge in [0.05, 0.1) is 0 Å². The van der Waals surface area contributed by atoms with Gasteiger partial charge >= 0.3 is 0 Å². The molecule has 2 aromatic heterocycles. The largest absolute Gasteiger partial charge is 0.354 e. The van der Waals surface area contributed by atoms with Crippen molar-refractivity contribution >= 4 is 47.0 Å². The highest BCUT2D eigenvalue weighted by atomic mass is 35.5. The maximum Gasteiger partial charge on any atom is 0.228 e. The second-order valence-corrected chi connectivity index (χ2v) is 6.07. The average Bonchev–Trinajstić information content (AvgIpc) is 2.54. The molecule has 10 nitrogen and oxygen atoms in total. The SMILES string of the molecule is CCNc1nc(Cl)nc(NC(C)C)n1.CCNc1nc(Cl)nc(NCC)n1. The van der Waals surface area contributed by atoms with E-state index in [2.05, 4.69) is 51.2 Å². The summed E-state index contributed by atoms with van der Waals surface area (Å²) in [6, 6.07) is 0.267. The lowest BCUT2D eigenvalue weighted by Gasteiger charge is -2.09. The van der Waals surface area contributed by atoms with Crippen LogP contribution in [0.1, 0.15) is 34.6 Å². The van der Waals surface area contributed by atoms with Crippen LogP contribution in [0, 0.1) is 0 Å². The lowest BCUT2D eigenvalue weighted by molar-refractivity contribution is 0.866. The summed E-state index contributed by atoms with van der Waals surface area (Å²) in [5.41, 5.74) is 0. The number of rotatable bonds is 8. The molecule has 0 saturated carbocycles. The van der Waals surface area contributed by atoms with Crippen molar-refractivity contribution in [3.8, 4) is 0 Å². The zero-order valence-corrected chi connectivity index (χ0v) is 17.6. The molecule has 0 unspecified atom stereocenters. The Balaban J connectivity index is 0.000000271. The Kier molecular flexibility index (Phi) is 10.3. The van der Waals surface area contributed by atoms with E-state index in [0.717, 1.165) is 19.6 Å². The highest BCUT2D eigenvalue weighted by Gasteiger charge is 2.04. The Hall–Kier alpha value is -2.20. The molecule has 150 valence electrons. The minimum absolute atomic E-state index is 0.194. The van der Waals surface area contributed by atoms with Gasteiger partial charge in [-0.15, -0.1) is 0 Å².